The molecule has 4 unspecified atom stereocenters. The molecule has 35 heavy (non-hydrogen) atoms. The normalized spacial score (nSPS) is 23.5. The molecule has 8 nitrogen and oxygen atoms in total. The molecule has 3 aliphatic rings. The number of rotatable bonds is 7. The molecule has 3 N–H and O–H groups in total. The molecular weight excluding hydrogens is 446 g/mol. The smallest absolute Gasteiger partial charge is 0.407 e. The second kappa shape index (κ2) is 10.1. The van der Waals surface area contributed by atoms with E-state index in [4.69, 9.17) is 4.74 Å². The number of carbonyl (C=O) groups excluding carboxylic acids is 2. The van der Waals surface area contributed by atoms with Crippen molar-refractivity contribution in [2.24, 2.45) is 5.92 Å². The van der Waals surface area contributed by atoms with Crippen molar-refractivity contribution in [2.45, 2.75) is 43.7 Å². The maximum absolute atomic E-state index is 12.9. The Kier molecular flexibility index (Phi) is 6.72. The number of benzene rings is 2. The molecule has 4 atom stereocenters. The average molecular weight is 478 g/mol. The zero-order valence-electron chi connectivity index (χ0n) is 19.6. The first-order chi connectivity index (χ1) is 17.0. The van der Waals surface area contributed by atoms with Gasteiger partial charge in [0, 0.05) is 25.0 Å². The number of hydrogen-bond donors (Lipinski definition) is 3. The summed E-state index contributed by atoms with van der Waals surface area (Å²) in [5.74, 6) is -1.20. The molecule has 2 aliphatic heterocycles. The van der Waals surface area contributed by atoms with Crippen LogP contribution in [0, 0.1) is 5.92 Å². The number of ether oxygens (including phenoxy) is 1. The van der Waals surface area contributed by atoms with Gasteiger partial charge < -0.3 is 25.4 Å². The van der Waals surface area contributed by atoms with Crippen molar-refractivity contribution in [2.75, 3.05) is 26.2 Å². The summed E-state index contributed by atoms with van der Waals surface area (Å²) in [5, 5.41) is 14.8. The third-order valence-electron chi connectivity index (χ3n) is 7.38. The van der Waals surface area contributed by atoms with Gasteiger partial charge >= 0.3 is 12.1 Å². The Bertz CT molecular complexity index is 1060. The van der Waals surface area contributed by atoms with Gasteiger partial charge in [-0.2, -0.15) is 0 Å². The number of fused-ring (bicyclic) bond motifs is 5. The van der Waals surface area contributed by atoms with Crippen LogP contribution in [-0.2, 0) is 14.3 Å². The van der Waals surface area contributed by atoms with E-state index in [-0.39, 0.29) is 18.6 Å². The fourth-order valence-corrected chi connectivity index (χ4v) is 5.87. The van der Waals surface area contributed by atoms with Gasteiger partial charge in [0.05, 0.1) is 6.42 Å². The third-order valence-corrected chi connectivity index (χ3v) is 7.38. The Morgan fingerprint density at radius 3 is 2.37 bits per heavy atom. The Balaban J connectivity index is 1.21. The number of piperidine rings is 2. The molecule has 2 amide bonds. The first-order valence-corrected chi connectivity index (χ1v) is 12.3. The van der Waals surface area contributed by atoms with E-state index < -0.39 is 30.4 Å². The minimum atomic E-state index is -1.19. The predicted octanol–water partition coefficient (Wildman–Crippen LogP) is 2.97. The van der Waals surface area contributed by atoms with Gasteiger partial charge in [-0.05, 0) is 54.0 Å². The molecule has 2 heterocycles. The topological polar surface area (TPSA) is 108 Å². The second-order valence-electron chi connectivity index (χ2n) is 9.83. The van der Waals surface area contributed by atoms with E-state index in [0.29, 0.717) is 5.92 Å². The Morgan fingerprint density at radius 2 is 1.71 bits per heavy atom. The van der Waals surface area contributed by atoms with Crippen LogP contribution in [0.25, 0.3) is 11.1 Å². The number of nitrogens with zero attached hydrogens (tertiary/aromatic N) is 1. The molecule has 2 aromatic carbocycles. The highest BCUT2D eigenvalue weighted by atomic mass is 16.5. The molecule has 0 aromatic heterocycles. The summed E-state index contributed by atoms with van der Waals surface area (Å²) in [5.41, 5.74) is 4.40. The van der Waals surface area contributed by atoms with Gasteiger partial charge in [0.1, 0.15) is 12.6 Å². The molecule has 1 aliphatic carbocycles. The summed E-state index contributed by atoms with van der Waals surface area (Å²) in [6.45, 7) is 2.94. The standard InChI is InChI=1S/C27H31N3O5/c31-25(32)13-24(26(33)28-18-12-17-6-5-11-30(14-17)15-18)29-27(34)35-16-23-21-9-3-1-7-19(21)20-8-2-4-10-22(20)23/h1-4,7-10,17-18,23-24H,5-6,11-16H2,(H,28,33)(H,29,34)(H,31,32). The first kappa shape index (κ1) is 23.4. The fraction of sp³-hybridized carbons (Fsp3) is 0.444. The summed E-state index contributed by atoms with van der Waals surface area (Å²) in [4.78, 5) is 39.3. The van der Waals surface area contributed by atoms with Gasteiger partial charge in [0.2, 0.25) is 5.91 Å². The minimum Gasteiger partial charge on any atom is -0.481 e. The summed E-state index contributed by atoms with van der Waals surface area (Å²) in [7, 11) is 0. The summed E-state index contributed by atoms with van der Waals surface area (Å²) >= 11 is 0. The number of hydrogen-bond acceptors (Lipinski definition) is 5. The molecule has 0 radical (unpaired) electrons. The van der Waals surface area contributed by atoms with Crippen molar-refractivity contribution in [3.63, 3.8) is 0 Å². The zero-order chi connectivity index (χ0) is 24.4. The summed E-state index contributed by atoms with van der Waals surface area (Å²) in [6, 6.07) is 14.8. The van der Waals surface area contributed by atoms with Crippen molar-refractivity contribution >= 4 is 18.0 Å². The monoisotopic (exact) mass is 477 g/mol. The lowest BCUT2D eigenvalue weighted by Crippen LogP contribution is -2.57. The number of carboxylic acids is 1. The van der Waals surface area contributed by atoms with Crippen molar-refractivity contribution in [1.29, 1.82) is 0 Å². The Morgan fingerprint density at radius 1 is 1.03 bits per heavy atom. The third kappa shape index (κ3) is 5.17. The molecule has 2 saturated heterocycles. The SMILES string of the molecule is O=C(O)CC(NC(=O)OCC1c2ccccc2-c2ccccc21)C(=O)NC1CC2CCCN(C2)C1. The van der Waals surface area contributed by atoms with Crippen LogP contribution < -0.4 is 10.6 Å². The number of aliphatic carboxylic acids is 1. The van der Waals surface area contributed by atoms with Crippen LogP contribution in [0.5, 0.6) is 0 Å². The molecule has 2 aromatic rings. The van der Waals surface area contributed by atoms with Crippen LogP contribution in [-0.4, -0.2) is 66.3 Å². The maximum atomic E-state index is 12.9. The van der Waals surface area contributed by atoms with Gasteiger partial charge in [-0.25, -0.2) is 4.79 Å². The molecule has 8 heteroatoms. The highest BCUT2D eigenvalue weighted by Gasteiger charge is 2.34. The predicted molar refractivity (Wildman–Crippen MR) is 130 cm³/mol. The maximum Gasteiger partial charge on any atom is 0.407 e. The number of amides is 2. The Hall–Kier alpha value is -3.39. The highest BCUT2D eigenvalue weighted by molar-refractivity contribution is 5.89. The van der Waals surface area contributed by atoms with E-state index in [0.717, 1.165) is 54.7 Å². The first-order valence-electron chi connectivity index (χ1n) is 12.3. The van der Waals surface area contributed by atoms with Crippen LogP contribution in [0.1, 0.15) is 42.7 Å². The van der Waals surface area contributed by atoms with E-state index in [1.165, 1.54) is 6.42 Å². The molecule has 5 rings (SSSR count). The Labute approximate surface area is 204 Å². The lowest BCUT2D eigenvalue weighted by molar-refractivity contribution is -0.140. The number of carboxylic acid groups (broad SMARTS) is 1. The number of carbonyl (C=O) groups is 3. The van der Waals surface area contributed by atoms with Crippen molar-refractivity contribution in [1.82, 2.24) is 15.5 Å². The largest absolute Gasteiger partial charge is 0.481 e. The van der Waals surface area contributed by atoms with Crippen molar-refractivity contribution < 1.29 is 24.2 Å². The zero-order valence-corrected chi connectivity index (χ0v) is 19.6. The van der Waals surface area contributed by atoms with E-state index in [1.807, 2.05) is 36.4 Å². The fourth-order valence-electron chi connectivity index (χ4n) is 5.87. The van der Waals surface area contributed by atoms with Gasteiger partial charge in [0.15, 0.2) is 0 Å². The highest BCUT2D eigenvalue weighted by Crippen LogP contribution is 2.44. The van der Waals surface area contributed by atoms with Crippen LogP contribution >= 0.6 is 0 Å². The van der Waals surface area contributed by atoms with Crippen LogP contribution in [0.4, 0.5) is 4.79 Å². The van der Waals surface area contributed by atoms with Crippen LogP contribution in [0.3, 0.4) is 0 Å². The van der Waals surface area contributed by atoms with E-state index in [9.17, 15) is 19.5 Å². The molecule has 184 valence electrons. The quantitative estimate of drug-likeness (QED) is 0.566. The summed E-state index contributed by atoms with van der Waals surface area (Å²) < 4.78 is 5.52. The molecule has 0 saturated carbocycles. The van der Waals surface area contributed by atoms with E-state index in [1.54, 1.807) is 0 Å². The minimum absolute atomic E-state index is 0.0397. The lowest BCUT2D eigenvalue weighted by Gasteiger charge is -2.42. The van der Waals surface area contributed by atoms with Crippen LogP contribution in [0.2, 0.25) is 0 Å². The number of alkyl carbamates (subject to hydrolysis) is 1. The van der Waals surface area contributed by atoms with E-state index >= 15 is 0 Å². The van der Waals surface area contributed by atoms with Crippen molar-refractivity contribution in [3.05, 3.63) is 59.7 Å². The van der Waals surface area contributed by atoms with Crippen molar-refractivity contribution in [3.8, 4) is 11.1 Å². The van der Waals surface area contributed by atoms with E-state index in [2.05, 4.69) is 27.7 Å². The van der Waals surface area contributed by atoms with Gasteiger partial charge in [-0.15, -0.1) is 0 Å². The van der Waals surface area contributed by atoms with Gasteiger partial charge in [0.25, 0.3) is 0 Å². The molecular formula is C27H31N3O5. The molecule has 2 bridgehead atoms. The van der Waals surface area contributed by atoms with Gasteiger partial charge in [-0.1, -0.05) is 48.5 Å². The lowest BCUT2D eigenvalue weighted by atomic mass is 9.87. The van der Waals surface area contributed by atoms with Gasteiger partial charge in [-0.3, -0.25) is 9.59 Å². The second-order valence-corrected chi connectivity index (χ2v) is 9.83. The average Bonchev–Trinajstić information content (AvgIpc) is 3.15. The summed E-state index contributed by atoms with van der Waals surface area (Å²) in [6.07, 6.45) is 1.91. The molecule has 2 fully saturated rings. The van der Waals surface area contributed by atoms with Crippen LogP contribution in [0.15, 0.2) is 48.5 Å². The molecule has 0 spiro atoms. The number of nitrogens with one attached hydrogen (secondary N) is 2.